The van der Waals surface area contributed by atoms with Gasteiger partial charge in [0.05, 0.1) is 18.5 Å². The molecule has 1 aliphatic heterocycles. The van der Waals surface area contributed by atoms with Gasteiger partial charge in [-0.05, 0) is 37.1 Å². The first-order valence-corrected chi connectivity index (χ1v) is 9.21. The Morgan fingerprint density at radius 1 is 1.18 bits per heavy atom. The molecule has 4 rings (SSSR count). The highest BCUT2D eigenvalue weighted by molar-refractivity contribution is 5.94. The normalized spacial score (nSPS) is 14.8. The van der Waals surface area contributed by atoms with E-state index in [1.807, 2.05) is 30.3 Å². The van der Waals surface area contributed by atoms with Gasteiger partial charge in [-0.3, -0.25) is 9.78 Å². The standard InChI is InChI=1S/C20H22N6O2/c1-28-20(27)13-7-10-26(11-8-13)19-17(21)18(23-12-24-19)25-16-6-2-5-15-14(16)4-3-9-22-15/h2-6,9,12-13H,7-8,10-11,21H2,1H3,(H,23,24,25). The van der Waals surface area contributed by atoms with E-state index in [1.165, 1.54) is 13.4 Å². The van der Waals surface area contributed by atoms with Crippen molar-refractivity contribution in [3.63, 3.8) is 0 Å². The highest BCUT2D eigenvalue weighted by Crippen LogP contribution is 2.33. The zero-order valence-electron chi connectivity index (χ0n) is 15.6. The van der Waals surface area contributed by atoms with E-state index in [0.29, 0.717) is 43.3 Å². The number of hydrogen-bond donors (Lipinski definition) is 2. The summed E-state index contributed by atoms with van der Waals surface area (Å²) < 4.78 is 4.85. The quantitative estimate of drug-likeness (QED) is 0.668. The van der Waals surface area contributed by atoms with E-state index < -0.39 is 0 Å². The molecule has 0 aliphatic carbocycles. The highest BCUT2D eigenvalue weighted by Gasteiger charge is 2.27. The van der Waals surface area contributed by atoms with Crippen LogP contribution < -0.4 is 16.0 Å². The molecule has 3 aromatic rings. The SMILES string of the molecule is COC(=O)C1CCN(c2ncnc(Nc3cccc4ncccc34)c2N)CC1. The molecule has 8 nitrogen and oxygen atoms in total. The second-order valence-electron chi connectivity index (χ2n) is 6.74. The minimum atomic E-state index is -0.151. The van der Waals surface area contributed by atoms with E-state index in [9.17, 15) is 4.79 Å². The van der Waals surface area contributed by atoms with Crippen molar-refractivity contribution in [1.29, 1.82) is 0 Å². The van der Waals surface area contributed by atoms with Crippen LogP contribution in [0.2, 0.25) is 0 Å². The summed E-state index contributed by atoms with van der Waals surface area (Å²) in [5, 5.41) is 4.30. The Labute approximate surface area is 162 Å². The fourth-order valence-electron chi connectivity index (χ4n) is 3.57. The van der Waals surface area contributed by atoms with E-state index >= 15 is 0 Å². The fraction of sp³-hybridized carbons (Fsp3) is 0.300. The van der Waals surface area contributed by atoms with Crippen LogP contribution in [0.15, 0.2) is 42.9 Å². The summed E-state index contributed by atoms with van der Waals surface area (Å²) in [5.74, 6) is 1.02. The van der Waals surface area contributed by atoms with Crippen molar-refractivity contribution < 1.29 is 9.53 Å². The number of piperidine rings is 1. The number of fused-ring (bicyclic) bond motifs is 1. The van der Waals surface area contributed by atoms with E-state index in [4.69, 9.17) is 10.5 Å². The minimum Gasteiger partial charge on any atom is -0.469 e. The first-order valence-electron chi connectivity index (χ1n) is 9.21. The van der Waals surface area contributed by atoms with Crippen molar-refractivity contribution in [3.8, 4) is 0 Å². The molecule has 28 heavy (non-hydrogen) atoms. The third kappa shape index (κ3) is 3.40. The molecule has 1 aromatic carbocycles. The van der Waals surface area contributed by atoms with Crippen LogP contribution in [0.5, 0.6) is 0 Å². The molecule has 1 saturated heterocycles. The molecule has 1 aliphatic rings. The lowest BCUT2D eigenvalue weighted by Crippen LogP contribution is -2.37. The van der Waals surface area contributed by atoms with Crippen molar-refractivity contribution in [3.05, 3.63) is 42.9 Å². The Balaban J connectivity index is 1.57. The van der Waals surface area contributed by atoms with Crippen LogP contribution in [0.4, 0.5) is 23.0 Å². The molecule has 3 heterocycles. The van der Waals surface area contributed by atoms with Gasteiger partial charge >= 0.3 is 5.97 Å². The summed E-state index contributed by atoms with van der Waals surface area (Å²) in [6.45, 7) is 1.39. The molecule has 0 amide bonds. The number of nitrogens with two attached hydrogens (primary N) is 1. The second-order valence-corrected chi connectivity index (χ2v) is 6.74. The van der Waals surface area contributed by atoms with Gasteiger partial charge in [0, 0.05) is 30.4 Å². The number of nitrogens with one attached hydrogen (secondary N) is 1. The van der Waals surface area contributed by atoms with E-state index in [-0.39, 0.29) is 11.9 Å². The summed E-state index contributed by atoms with van der Waals surface area (Å²) in [6, 6.07) is 9.76. The molecule has 2 aromatic heterocycles. The van der Waals surface area contributed by atoms with Crippen molar-refractivity contribution >= 4 is 39.9 Å². The smallest absolute Gasteiger partial charge is 0.308 e. The van der Waals surface area contributed by atoms with Crippen LogP contribution in [-0.4, -0.2) is 41.1 Å². The number of pyridine rings is 1. The Bertz CT molecular complexity index is 996. The van der Waals surface area contributed by atoms with Crippen molar-refractivity contribution in [2.45, 2.75) is 12.8 Å². The number of carbonyl (C=O) groups excluding carboxylic acids is 1. The van der Waals surface area contributed by atoms with Gasteiger partial charge in [-0.15, -0.1) is 0 Å². The maximum absolute atomic E-state index is 11.7. The number of carbonyl (C=O) groups is 1. The topological polar surface area (TPSA) is 106 Å². The first-order chi connectivity index (χ1) is 13.7. The number of ether oxygens (including phenoxy) is 1. The minimum absolute atomic E-state index is 0.0647. The summed E-state index contributed by atoms with van der Waals surface area (Å²) in [4.78, 5) is 26.9. The number of anilines is 4. The molecule has 0 bridgehead atoms. The van der Waals surface area contributed by atoms with E-state index in [0.717, 1.165) is 16.6 Å². The largest absolute Gasteiger partial charge is 0.469 e. The van der Waals surface area contributed by atoms with Gasteiger partial charge in [-0.2, -0.15) is 0 Å². The molecule has 8 heteroatoms. The molecule has 3 N–H and O–H groups in total. The van der Waals surface area contributed by atoms with Gasteiger partial charge in [0.15, 0.2) is 11.6 Å². The number of esters is 1. The van der Waals surface area contributed by atoms with E-state index in [1.54, 1.807) is 6.20 Å². The Morgan fingerprint density at radius 3 is 2.79 bits per heavy atom. The molecular formula is C20H22N6O2. The maximum Gasteiger partial charge on any atom is 0.308 e. The summed E-state index contributed by atoms with van der Waals surface area (Å²) >= 11 is 0. The lowest BCUT2D eigenvalue weighted by Gasteiger charge is -2.32. The number of methoxy groups -OCH3 is 1. The Kier molecular flexibility index (Phi) is 4.92. The van der Waals surface area contributed by atoms with Crippen LogP contribution in [0, 0.1) is 5.92 Å². The zero-order valence-corrected chi connectivity index (χ0v) is 15.6. The van der Waals surface area contributed by atoms with Crippen LogP contribution >= 0.6 is 0 Å². The van der Waals surface area contributed by atoms with Crippen molar-refractivity contribution in [1.82, 2.24) is 15.0 Å². The number of nitrogens with zero attached hydrogens (tertiary/aromatic N) is 4. The Hall–Kier alpha value is -3.42. The van der Waals surface area contributed by atoms with Gasteiger partial charge in [-0.25, -0.2) is 9.97 Å². The van der Waals surface area contributed by atoms with Gasteiger partial charge in [0.25, 0.3) is 0 Å². The molecule has 0 atom stereocenters. The van der Waals surface area contributed by atoms with Crippen molar-refractivity contribution in [2.75, 3.05) is 36.1 Å². The highest BCUT2D eigenvalue weighted by atomic mass is 16.5. The van der Waals surface area contributed by atoms with Gasteiger partial charge < -0.3 is 20.7 Å². The van der Waals surface area contributed by atoms with Gasteiger partial charge in [0.1, 0.15) is 12.0 Å². The maximum atomic E-state index is 11.7. The number of hydrogen-bond acceptors (Lipinski definition) is 8. The number of nitrogen functional groups attached to an aromatic ring is 1. The molecule has 144 valence electrons. The van der Waals surface area contributed by atoms with Crippen LogP contribution in [0.1, 0.15) is 12.8 Å². The zero-order chi connectivity index (χ0) is 19.5. The Morgan fingerprint density at radius 2 is 2.00 bits per heavy atom. The third-order valence-corrected chi connectivity index (χ3v) is 5.09. The van der Waals surface area contributed by atoms with E-state index in [2.05, 4.69) is 25.2 Å². The molecule has 0 unspecified atom stereocenters. The molecular weight excluding hydrogens is 356 g/mol. The third-order valence-electron chi connectivity index (χ3n) is 5.09. The molecule has 1 fully saturated rings. The number of aromatic nitrogens is 3. The lowest BCUT2D eigenvalue weighted by molar-refractivity contribution is -0.146. The predicted molar refractivity (Wildman–Crippen MR) is 108 cm³/mol. The number of benzene rings is 1. The lowest BCUT2D eigenvalue weighted by atomic mass is 9.97. The molecule has 0 spiro atoms. The summed E-state index contributed by atoms with van der Waals surface area (Å²) in [5.41, 5.74) is 8.65. The fourth-order valence-corrected chi connectivity index (χ4v) is 3.57. The average molecular weight is 378 g/mol. The molecule has 0 saturated carbocycles. The van der Waals surface area contributed by atoms with Crippen LogP contribution in [0.3, 0.4) is 0 Å². The van der Waals surface area contributed by atoms with Gasteiger partial charge in [-0.1, -0.05) is 6.07 Å². The van der Waals surface area contributed by atoms with Crippen molar-refractivity contribution in [2.24, 2.45) is 5.92 Å². The first kappa shape index (κ1) is 18.0. The summed E-state index contributed by atoms with van der Waals surface area (Å²) in [6.07, 6.45) is 4.70. The second kappa shape index (κ2) is 7.67. The molecule has 0 radical (unpaired) electrons. The number of rotatable bonds is 4. The summed E-state index contributed by atoms with van der Waals surface area (Å²) in [7, 11) is 1.43. The predicted octanol–water partition coefficient (Wildman–Crippen LogP) is 2.74. The van der Waals surface area contributed by atoms with Crippen LogP contribution in [-0.2, 0) is 9.53 Å². The monoisotopic (exact) mass is 378 g/mol. The van der Waals surface area contributed by atoms with Gasteiger partial charge in [0.2, 0.25) is 0 Å². The average Bonchev–Trinajstić information content (AvgIpc) is 2.75. The van der Waals surface area contributed by atoms with Crippen LogP contribution in [0.25, 0.3) is 10.9 Å².